The van der Waals surface area contributed by atoms with Gasteiger partial charge in [-0.15, -0.1) is 24.0 Å². The minimum absolute atomic E-state index is 0. The first-order valence-electron chi connectivity index (χ1n) is 8.02. The Morgan fingerprint density at radius 2 is 1.88 bits per heavy atom. The predicted molar refractivity (Wildman–Crippen MR) is 107 cm³/mol. The standard InChI is InChI=1S/C17H28FN3O2.HI/c1-14(2)7-10-22-11-8-20-17(19-3)21-9-12-23-16-6-4-5-15(18)13-16;/h4-6,13-14H,7-12H2,1-3H3,(H2,19,20,21);1H. The molecule has 0 spiro atoms. The molecule has 0 aromatic heterocycles. The van der Waals surface area contributed by atoms with Gasteiger partial charge >= 0.3 is 0 Å². The maximum absolute atomic E-state index is 13.0. The molecule has 1 aromatic rings. The molecule has 2 N–H and O–H groups in total. The Hall–Kier alpha value is -1.09. The highest BCUT2D eigenvalue weighted by Gasteiger charge is 1.99. The summed E-state index contributed by atoms with van der Waals surface area (Å²) in [5, 5.41) is 6.29. The molecular weight excluding hydrogens is 424 g/mol. The van der Waals surface area contributed by atoms with E-state index < -0.39 is 0 Å². The first-order valence-corrected chi connectivity index (χ1v) is 8.02. The largest absolute Gasteiger partial charge is 0.492 e. The van der Waals surface area contributed by atoms with E-state index in [0.717, 1.165) is 13.0 Å². The zero-order valence-corrected chi connectivity index (χ0v) is 17.0. The Morgan fingerprint density at radius 1 is 1.17 bits per heavy atom. The van der Waals surface area contributed by atoms with Crippen LogP contribution in [0.2, 0.25) is 0 Å². The van der Waals surface area contributed by atoms with Crippen LogP contribution in [-0.4, -0.2) is 45.9 Å². The number of nitrogens with one attached hydrogen (secondary N) is 2. The highest BCUT2D eigenvalue weighted by molar-refractivity contribution is 14.0. The Balaban J connectivity index is 0.00000529. The van der Waals surface area contributed by atoms with E-state index in [1.165, 1.54) is 12.1 Å². The number of rotatable bonds is 10. The van der Waals surface area contributed by atoms with Crippen molar-refractivity contribution in [3.05, 3.63) is 30.1 Å². The lowest BCUT2D eigenvalue weighted by atomic mass is 10.1. The van der Waals surface area contributed by atoms with Crippen LogP contribution in [0.15, 0.2) is 29.3 Å². The van der Waals surface area contributed by atoms with Gasteiger partial charge in [0.15, 0.2) is 5.96 Å². The van der Waals surface area contributed by atoms with E-state index in [0.29, 0.717) is 43.9 Å². The van der Waals surface area contributed by atoms with E-state index >= 15 is 0 Å². The molecule has 0 atom stereocenters. The summed E-state index contributed by atoms with van der Waals surface area (Å²) in [6.07, 6.45) is 1.07. The Labute approximate surface area is 161 Å². The molecule has 5 nitrogen and oxygen atoms in total. The average molecular weight is 453 g/mol. The number of aliphatic imine (C=N–C) groups is 1. The van der Waals surface area contributed by atoms with Crippen molar-refractivity contribution in [2.45, 2.75) is 20.3 Å². The third-order valence-electron chi connectivity index (χ3n) is 3.06. The van der Waals surface area contributed by atoms with E-state index in [4.69, 9.17) is 9.47 Å². The van der Waals surface area contributed by atoms with Crippen molar-refractivity contribution in [2.24, 2.45) is 10.9 Å². The van der Waals surface area contributed by atoms with Crippen LogP contribution in [0.1, 0.15) is 20.3 Å². The van der Waals surface area contributed by atoms with Gasteiger partial charge in [0, 0.05) is 26.3 Å². The smallest absolute Gasteiger partial charge is 0.191 e. The first-order chi connectivity index (χ1) is 11.1. The van der Waals surface area contributed by atoms with Crippen molar-refractivity contribution in [3.8, 4) is 5.75 Å². The molecule has 0 amide bonds. The summed E-state index contributed by atoms with van der Waals surface area (Å²) in [6, 6.07) is 6.10. The van der Waals surface area contributed by atoms with Gasteiger partial charge in [0.1, 0.15) is 18.2 Å². The fourth-order valence-corrected chi connectivity index (χ4v) is 1.78. The summed E-state index contributed by atoms with van der Waals surface area (Å²) in [6.45, 7) is 7.49. The molecule has 7 heteroatoms. The monoisotopic (exact) mass is 453 g/mol. The van der Waals surface area contributed by atoms with Gasteiger partial charge in [-0.3, -0.25) is 4.99 Å². The van der Waals surface area contributed by atoms with Crippen LogP contribution in [0, 0.1) is 11.7 Å². The molecule has 0 radical (unpaired) electrons. The summed E-state index contributed by atoms with van der Waals surface area (Å²) in [7, 11) is 1.71. The Morgan fingerprint density at radius 3 is 2.50 bits per heavy atom. The third-order valence-corrected chi connectivity index (χ3v) is 3.06. The zero-order valence-electron chi connectivity index (χ0n) is 14.7. The van der Waals surface area contributed by atoms with E-state index in [1.807, 2.05) is 0 Å². The maximum Gasteiger partial charge on any atom is 0.191 e. The van der Waals surface area contributed by atoms with Gasteiger partial charge < -0.3 is 20.1 Å². The van der Waals surface area contributed by atoms with E-state index in [1.54, 1.807) is 19.2 Å². The van der Waals surface area contributed by atoms with Crippen molar-refractivity contribution in [1.82, 2.24) is 10.6 Å². The minimum atomic E-state index is -0.301. The van der Waals surface area contributed by atoms with Crippen LogP contribution >= 0.6 is 24.0 Å². The average Bonchev–Trinajstić information content (AvgIpc) is 2.52. The van der Waals surface area contributed by atoms with E-state index in [9.17, 15) is 4.39 Å². The molecule has 0 unspecified atom stereocenters. The topological polar surface area (TPSA) is 54.9 Å². The molecule has 0 saturated carbocycles. The number of halogens is 2. The number of guanidine groups is 1. The van der Waals surface area contributed by atoms with Gasteiger partial charge in [-0.25, -0.2) is 4.39 Å². The molecule has 0 aliphatic heterocycles. The number of benzene rings is 1. The van der Waals surface area contributed by atoms with Crippen LogP contribution in [-0.2, 0) is 4.74 Å². The predicted octanol–water partition coefficient (Wildman–Crippen LogP) is 3.05. The first kappa shape index (κ1) is 22.9. The summed E-state index contributed by atoms with van der Waals surface area (Å²) in [5.74, 6) is 1.58. The van der Waals surface area contributed by atoms with Crippen molar-refractivity contribution in [2.75, 3.05) is 40.0 Å². The number of nitrogens with zero attached hydrogens (tertiary/aromatic N) is 1. The lowest BCUT2D eigenvalue weighted by molar-refractivity contribution is 0.128. The van der Waals surface area contributed by atoms with Crippen LogP contribution in [0.4, 0.5) is 4.39 Å². The minimum Gasteiger partial charge on any atom is -0.492 e. The molecule has 0 saturated heterocycles. The summed E-state index contributed by atoms with van der Waals surface area (Å²) >= 11 is 0. The molecule has 1 aromatic carbocycles. The SMILES string of the molecule is CN=C(NCCOCCC(C)C)NCCOc1cccc(F)c1.I. The van der Waals surface area contributed by atoms with Crippen molar-refractivity contribution in [1.29, 1.82) is 0 Å². The van der Waals surface area contributed by atoms with E-state index in [2.05, 4.69) is 29.5 Å². The summed E-state index contributed by atoms with van der Waals surface area (Å²) < 4.78 is 24.0. The molecule has 0 aliphatic carbocycles. The fraction of sp³-hybridized carbons (Fsp3) is 0.588. The zero-order chi connectivity index (χ0) is 16.9. The van der Waals surface area contributed by atoms with Crippen LogP contribution in [0.3, 0.4) is 0 Å². The van der Waals surface area contributed by atoms with Gasteiger partial charge in [-0.1, -0.05) is 19.9 Å². The molecule has 0 bridgehead atoms. The number of hydrogen-bond acceptors (Lipinski definition) is 3. The quantitative estimate of drug-likeness (QED) is 0.248. The highest BCUT2D eigenvalue weighted by Crippen LogP contribution is 2.11. The van der Waals surface area contributed by atoms with Crippen molar-refractivity contribution >= 4 is 29.9 Å². The van der Waals surface area contributed by atoms with E-state index in [-0.39, 0.29) is 29.8 Å². The Kier molecular flexibility index (Phi) is 13.6. The van der Waals surface area contributed by atoms with Crippen LogP contribution in [0.5, 0.6) is 5.75 Å². The fourth-order valence-electron chi connectivity index (χ4n) is 1.78. The van der Waals surface area contributed by atoms with Crippen LogP contribution < -0.4 is 15.4 Å². The summed E-state index contributed by atoms with van der Waals surface area (Å²) in [4.78, 5) is 4.12. The molecule has 24 heavy (non-hydrogen) atoms. The second kappa shape index (κ2) is 14.3. The van der Waals surface area contributed by atoms with Gasteiger partial charge in [0.2, 0.25) is 0 Å². The molecule has 1 rings (SSSR count). The van der Waals surface area contributed by atoms with Crippen molar-refractivity contribution < 1.29 is 13.9 Å². The summed E-state index contributed by atoms with van der Waals surface area (Å²) in [5.41, 5.74) is 0. The van der Waals surface area contributed by atoms with Gasteiger partial charge in [0.25, 0.3) is 0 Å². The molecule has 0 aliphatic rings. The maximum atomic E-state index is 13.0. The Bertz CT molecular complexity index is 473. The highest BCUT2D eigenvalue weighted by atomic mass is 127. The lowest BCUT2D eigenvalue weighted by Gasteiger charge is -2.13. The van der Waals surface area contributed by atoms with Gasteiger partial charge in [-0.2, -0.15) is 0 Å². The molecule has 138 valence electrons. The third kappa shape index (κ3) is 11.4. The second-order valence-electron chi connectivity index (χ2n) is 5.53. The molecule has 0 heterocycles. The molecule has 0 fully saturated rings. The van der Waals surface area contributed by atoms with Crippen LogP contribution in [0.25, 0.3) is 0 Å². The van der Waals surface area contributed by atoms with Crippen molar-refractivity contribution in [3.63, 3.8) is 0 Å². The van der Waals surface area contributed by atoms with Gasteiger partial charge in [-0.05, 0) is 24.5 Å². The molecular formula is C17H29FIN3O2. The lowest BCUT2D eigenvalue weighted by Crippen LogP contribution is -2.40. The van der Waals surface area contributed by atoms with Gasteiger partial charge in [0.05, 0.1) is 13.2 Å². The second-order valence-corrected chi connectivity index (χ2v) is 5.53. The number of hydrogen-bond donors (Lipinski definition) is 2. The normalized spacial score (nSPS) is 11.1. The number of ether oxygens (including phenoxy) is 2.